The molecule has 110 valence electrons. The number of aryl methyl sites for hydroxylation is 2. The number of hydrogen-bond acceptors (Lipinski definition) is 2. The monoisotopic (exact) mass is 410 g/mol. The van der Waals surface area contributed by atoms with Crippen molar-refractivity contribution >= 4 is 37.6 Å². The van der Waals surface area contributed by atoms with Gasteiger partial charge in [0, 0.05) is 14.5 Å². The van der Waals surface area contributed by atoms with E-state index in [0.29, 0.717) is 16.9 Å². The zero-order chi connectivity index (χ0) is 15.7. The average Bonchev–Trinajstić information content (AvgIpc) is 2.44. The number of ketones is 1. The van der Waals surface area contributed by atoms with Crippen LogP contribution in [0.5, 0.6) is 5.75 Å². The number of carbonyl (C=O) groups is 1. The first-order valence-electron chi connectivity index (χ1n) is 6.51. The SMILES string of the molecule is COc1c(C)cc(Br)c(C)c1C(=O)c1ccc(C)c(Br)c1. The molecule has 0 aliphatic carbocycles. The van der Waals surface area contributed by atoms with E-state index in [-0.39, 0.29) is 5.78 Å². The Morgan fingerprint density at radius 3 is 2.24 bits per heavy atom. The van der Waals surface area contributed by atoms with Crippen molar-refractivity contribution in [3.63, 3.8) is 0 Å². The topological polar surface area (TPSA) is 26.3 Å². The molecule has 0 aromatic heterocycles. The molecule has 2 aromatic carbocycles. The van der Waals surface area contributed by atoms with Crippen LogP contribution in [0, 0.1) is 20.8 Å². The zero-order valence-electron chi connectivity index (χ0n) is 12.4. The van der Waals surface area contributed by atoms with E-state index in [0.717, 1.165) is 25.6 Å². The minimum Gasteiger partial charge on any atom is -0.496 e. The molecule has 0 amide bonds. The predicted octanol–water partition coefficient (Wildman–Crippen LogP) is 5.38. The standard InChI is InChI=1S/C17H16Br2O2/c1-9-5-6-12(8-13(9)18)16(20)15-11(3)14(19)7-10(2)17(15)21-4/h5-8H,1-4H3. The first-order valence-corrected chi connectivity index (χ1v) is 8.10. The molecule has 2 aromatic rings. The van der Waals surface area contributed by atoms with Crippen LogP contribution < -0.4 is 4.74 Å². The van der Waals surface area contributed by atoms with Crippen LogP contribution in [0.2, 0.25) is 0 Å². The second-order valence-electron chi connectivity index (χ2n) is 5.00. The van der Waals surface area contributed by atoms with Crippen molar-refractivity contribution in [3.8, 4) is 5.75 Å². The van der Waals surface area contributed by atoms with Crippen LogP contribution >= 0.6 is 31.9 Å². The third-order valence-electron chi connectivity index (χ3n) is 3.53. The lowest BCUT2D eigenvalue weighted by Gasteiger charge is -2.15. The maximum absolute atomic E-state index is 12.9. The van der Waals surface area contributed by atoms with Crippen molar-refractivity contribution in [2.75, 3.05) is 7.11 Å². The van der Waals surface area contributed by atoms with Gasteiger partial charge in [-0.1, -0.05) is 44.0 Å². The Morgan fingerprint density at radius 2 is 1.67 bits per heavy atom. The quantitative estimate of drug-likeness (QED) is 0.634. The van der Waals surface area contributed by atoms with E-state index in [1.807, 2.05) is 45.0 Å². The molecule has 0 bridgehead atoms. The Balaban J connectivity index is 2.65. The van der Waals surface area contributed by atoms with Crippen molar-refractivity contribution < 1.29 is 9.53 Å². The summed E-state index contributed by atoms with van der Waals surface area (Å²) in [5.41, 5.74) is 4.18. The van der Waals surface area contributed by atoms with Gasteiger partial charge in [-0.3, -0.25) is 4.79 Å². The highest BCUT2D eigenvalue weighted by Crippen LogP contribution is 2.34. The number of hydrogen-bond donors (Lipinski definition) is 0. The largest absolute Gasteiger partial charge is 0.496 e. The van der Waals surface area contributed by atoms with Crippen LogP contribution in [0.3, 0.4) is 0 Å². The van der Waals surface area contributed by atoms with E-state index < -0.39 is 0 Å². The Hall–Kier alpha value is -1.13. The highest BCUT2D eigenvalue weighted by Gasteiger charge is 2.21. The number of methoxy groups -OCH3 is 1. The van der Waals surface area contributed by atoms with Gasteiger partial charge in [0.25, 0.3) is 0 Å². The summed E-state index contributed by atoms with van der Waals surface area (Å²) in [6.07, 6.45) is 0. The Morgan fingerprint density at radius 1 is 1.00 bits per heavy atom. The van der Waals surface area contributed by atoms with Crippen molar-refractivity contribution in [1.29, 1.82) is 0 Å². The summed E-state index contributed by atoms with van der Waals surface area (Å²) < 4.78 is 7.29. The lowest BCUT2D eigenvalue weighted by Crippen LogP contribution is -2.08. The smallest absolute Gasteiger partial charge is 0.197 e. The van der Waals surface area contributed by atoms with Gasteiger partial charge in [-0.05, 0) is 49.6 Å². The lowest BCUT2D eigenvalue weighted by atomic mass is 9.95. The number of carbonyl (C=O) groups excluding carboxylic acids is 1. The third kappa shape index (κ3) is 3.06. The Bertz CT molecular complexity index is 721. The molecule has 0 N–H and O–H groups in total. The summed E-state index contributed by atoms with van der Waals surface area (Å²) >= 11 is 6.99. The molecule has 2 rings (SSSR count). The molecule has 0 radical (unpaired) electrons. The van der Waals surface area contributed by atoms with Crippen LogP contribution in [0.25, 0.3) is 0 Å². The number of rotatable bonds is 3. The van der Waals surface area contributed by atoms with Gasteiger partial charge in [0.05, 0.1) is 12.7 Å². The molecule has 0 atom stereocenters. The minimum atomic E-state index is -0.0329. The van der Waals surface area contributed by atoms with Crippen molar-refractivity contribution in [2.24, 2.45) is 0 Å². The van der Waals surface area contributed by atoms with Gasteiger partial charge in [0.15, 0.2) is 5.78 Å². The van der Waals surface area contributed by atoms with Gasteiger partial charge >= 0.3 is 0 Å². The summed E-state index contributed by atoms with van der Waals surface area (Å²) in [6, 6.07) is 7.60. The average molecular weight is 412 g/mol. The molecule has 0 spiro atoms. The molecular formula is C17H16Br2O2. The van der Waals surface area contributed by atoms with Gasteiger partial charge in [0.2, 0.25) is 0 Å². The highest BCUT2D eigenvalue weighted by atomic mass is 79.9. The van der Waals surface area contributed by atoms with E-state index in [9.17, 15) is 4.79 Å². The minimum absolute atomic E-state index is 0.0329. The van der Waals surface area contributed by atoms with Crippen LogP contribution in [-0.2, 0) is 0 Å². The van der Waals surface area contributed by atoms with Crippen molar-refractivity contribution in [2.45, 2.75) is 20.8 Å². The normalized spacial score (nSPS) is 10.6. The summed E-state index contributed by atoms with van der Waals surface area (Å²) in [5.74, 6) is 0.604. The van der Waals surface area contributed by atoms with Crippen LogP contribution in [0.1, 0.15) is 32.6 Å². The third-order valence-corrected chi connectivity index (χ3v) is 5.20. The molecule has 2 nitrogen and oxygen atoms in total. The van der Waals surface area contributed by atoms with Crippen LogP contribution in [0.15, 0.2) is 33.2 Å². The second kappa shape index (κ2) is 6.32. The summed E-state index contributed by atoms with van der Waals surface area (Å²) in [4.78, 5) is 12.9. The number of ether oxygens (including phenoxy) is 1. The second-order valence-corrected chi connectivity index (χ2v) is 6.71. The van der Waals surface area contributed by atoms with Crippen LogP contribution in [0.4, 0.5) is 0 Å². The van der Waals surface area contributed by atoms with Gasteiger partial charge < -0.3 is 4.74 Å². The van der Waals surface area contributed by atoms with E-state index in [1.54, 1.807) is 7.11 Å². The van der Waals surface area contributed by atoms with Crippen LogP contribution in [-0.4, -0.2) is 12.9 Å². The van der Waals surface area contributed by atoms with E-state index in [4.69, 9.17) is 4.74 Å². The van der Waals surface area contributed by atoms with Crippen molar-refractivity contribution in [3.05, 3.63) is 61.0 Å². The first-order chi connectivity index (χ1) is 9.86. The van der Waals surface area contributed by atoms with Crippen molar-refractivity contribution in [1.82, 2.24) is 0 Å². The molecule has 0 heterocycles. The number of halogens is 2. The first kappa shape index (κ1) is 16.2. The molecular weight excluding hydrogens is 396 g/mol. The fourth-order valence-corrected chi connectivity index (χ4v) is 3.19. The van der Waals surface area contributed by atoms with E-state index in [1.165, 1.54) is 0 Å². The summed E-state index contributed by atoms with van der Waals surface area (Å²) in [5, 5.41) is 0. The molecule has 0 aliphatic rings. The fourth-order valence-electron chi connectivity index (χ4n) is 2.27. The van der Waals surface area contributed by atoms with E-state index >= 15 is 0 Å². The fraction of sp³-hybridized carbons (Fsp3) is 0.235. The molecule has 21 heavy (non-hydrogen) atoms. The van der Waals surface area contributed by atoms with Gasteiger partial charge in [-0.15, -0.1) is 0 Å². The Labute approximate surface area is 141 Å². The molecule has 4 heteroatoms. The molecule has 0 fully saturated rings. The van der Waals surface area contributed by atoms with Gasteiger partial charge in [0.1, 0.15) is 5.75 Å². The zero-order valence-corrected chi connectivity index (χ0v) is 15.6. The molecule has 0 aliphatic heterocycles. The molecule has 0 unspecified atom stereocenters. The summed E-state index contributed by atoms with van der Waals surface area (Å²) in [7, 11) is 1.59. The maximum Gasteiger partial charge on any atom is 0.197 e. The van der Waals surface area contributed by atoms with E-state index in [2.05, 4.69) is 31.9 Å². The predicted molar refractivity (Wildman–Crippen MR) is 92.5 cm³/mol. The highest BCUT2D eigenvalue weighted by molar-refractivity contribution is 9.10. The number of benzene rings is 2. The van der Waals surface area contributed by atoms with Gasteiger partial charge in [-0.25, -0.2) is 0 Å². The summed E-state index contributed by atoms with van der Waals surface area (Å²) in [6.45, 7) is 5.85. The molecule has 0 saturated carbocycles. The Kier molecular flexibility index (Phi) is 4.89. The molecule has 0 saturated heterocycles. The lowest BCUT2D eigenvalue weighted by molar-refractivity contribution is 0.103. The van der Waals surface area contributed by atoms with Gasteiger partial charge in [-0.2, -0.15) is 0 Å². The maximum atomic E-state index is 12.9.